The molecule has 0 saturated carbocycles. The van der Waals surface area contributed by atoms with Gasteiger partial charge in [0, 0.05) is 18.1 Å². The third kappa shape index (κ3) is 2.05. The van der Waals surface area contributed by atoms with Gasteiger partial charge in [-0.3, -0.25) is 4.90 Å². The Balaban J connectivity index is 1.97. The lowest BCUT2D eigenvalue weighted by Crippen LogP contribution is -2.45. The Hall–Kier alpha value is -0.0900. The van der Waals surface area contributed by atoms with Gasteiger partial charge in [-0.2, -0.15) is 0 Å². The minimum absolute atomic E-state index is 0.141. The molecule has 2 atom stereocenters. The Kier molecular flexibility index (Phi) is 2.89. The van der Waals surface area contributed by atoms with Gasteiger partial charge in [0.2, 0.25) is 0 Å². The Labute approximate surface area is 82.9 Å². The first kappa shape index (κ1) is 9.46. The lowest BCUT2D eigenvalue weighted by atomic mass is 10.1. The molecule has 0 spiro atoms. The van der Waals surface area contributed by atoms with Crippen LogP contribution in [0.4, 0.5) is 0 Å². The molecule has 0 aromatic rings. The molecule has 1 fully saturated rings. The van der Waals surface area contributed by atoms with Gasteiger partial charge >= 0.3 is 0 Å². The molecule has 1 N–H and O–H groups in total. The van der Waals surface area contributed by atoms with Crippen LogP contribution in [0.2, 0.25) is 0 Å². The molecule has 0 bridgehead atoms. The molecule has 0 aromatic carbocycles. The van der Waals surface area contributed by atoms with Gasteiger partial charge in [-0.1, -0.05) is 17.7 Å². The maximum Gasteiger partial charge on any atom is 0.0950 e. The number of aliphatic hydroxyl groups is 1. The molecule has 2 aliphatic heterocycles. The fraction of sp³-hybridized carbons (Fsp3) is 0.778. The topological polar surface area (TPSA) is 32.7 Å². The highest BCUT2D eigenvalue weighted by Crippen LogP contribution is 2.20. The van der Waals surface area contributed by atoms with E-state index in [0.29, 0.717) is 13.2 Å². The Morgan fingerprint density at radius 1 is 1.54 bits per heavy atom. The predicted octanol–water partition coefficient (Wildman–Crippen LogP) is 0.575. The summed E-state index contributed by atoms with van der Waals surface area (Å²) in [6.45, 7) is 2.82. The van der Waals surface area contributed by atoms with Gasteiger partial charge < -0.3 is 9.84 Å². The smallest absolute Gasteiger partial charge is 0.0950 e. The van der Waals surface area contributed by atoms with Crippen LogP contribution >= 0.6 is 11.6 Å². The first-order chi connectivity index (χ1) is 6.27. The molecule has 13 heavy (non-hydrogen) atoms. The van der Waals surface area contributed by atoms with Crippen LogP contribution in [0.3, 0.4) is 0 Å². The summed E-state index contributed by atoms with van der Waals surface area (Å²) < 4.78 is 5.20. The van der Waals surface area contributed by atoms with Crippen LogP contribution in [-0.2, 0) is 4.74 Å². The molecule has 0 aromatic heterocycles. The first-order valence-electron chi connectivity index (χ1n) is 4.62. The Morgan fingerprint density at radius 2 is 2.38 bits per heavy atom. The average molecular weight is 204 g/mol. The lowest BCUT2D eigenvalue weighted by molar-refractivity contribution is 0.0867. The highest BCUT2D eigenvalue weighted by Gasteiger charge is 2.32. The van der Waals surface area contributed by atoms with E-state index in [9.17, 15) is 5.11 Å². The van der Waals surface area contributed by atoms with Crippen LogP contribution < -0.4 is 0 Å². The number of hydrogen-bond acceptors (Lipinski definition) is 3. The number of aliphatic hydroxyl groups excluding tert-OH is 1. The van der Waals surface area contributed by atoms with Crippen molar-refractivity contribution in [2.24, 2.45) is 0 Å². The van der Waals surface area contributed by atoms with Crippen LogP contribution in [0.15, 0.2) is 11.1 Å². The van der Waals surface area contributed by atoms with Gasteiger partial charge in [0.15, 0.2) is 0 Å². The van der Waals surface area contributed by atoms with E-state index in [0.717, 1.165) is 24.5 Å². The molecule has 1 saturated heterocycles. The van der Waals surface area contributed by atoms with Crippen LogP contribution in [0.25, 0.3) is 0 Å². The molecule has 74 valence electrons. The fourth-order valence-electron chi connectivity index (χ4n) is 1.89. The molecule has 3 nitrogen and oxygen atoms in total. The van der Waals surface area contributed by atoms with E-state index in [1.54, 1.807) is 0 Å². The molecule has 2 heterocycles. The van der Waals surface area contributed by atoms with Crippen LogP contribution in [0.1, 0.15) is 6.42 Å². The third-order valence-corrected chi connectivity index (χ3v) is 2.90. The van der Waals surface area contributed by atoms with Crippen LogP contribution in [0.5, 0.6) is 0 Å². The molecular weight excluding hydrogens is 190 g/mol. The van der Waals surface area contributed by atoms with Crippen molar-refractivity contribution < 1.29 is 9.84 Å². The largest absolute Gasteiger partial charge is 0.389 e. The van der Waals surface area contributed by atoms with Crippen molar-refractivity contribution in [3.05, 3.63) is 11.1 Å². The second kappa shape index (κ2) is 3.96. The monoisotopic (exact) mass is 203 g/mol. The second-order valence-corrected chi connectivity index (χ2v) is 4.07. The summed E-state index contributed by atoms with van der Waals surface area (Å²) in [4.78, 5) is 2.19. The van der Waals surface area contributed by atoms with E-state index >= 15 is 0 Å². The summed E-state index contributed by atoms with van der Waals surface area (Å²) >= 11 is 5.93. The van der Waals surface area contributed by atoms with Gasteiger partial charge in [-0.05, 0) is 6.42 Å². The zero-order valence-electron chi connectivity index (χ0n) is 7.45. The van der Waals surface area contributed by atoms with Gasteiger partial charge in [0.1, 0.15) is 0 Å². The minimum Gasteiger partial charge on any atom is -0.389 e. The summed E-state index contributed by atoms with van der Waals surface area (Å²) in [6, 6.07) is 0.141. The van der Waals surface area contributed by atoms with E-state index in [2.05, 4.69) is 4.90 Å². The number of ether oxygens (including phenoxy) is 1. The van der Waals surface area contributed by atoms with Crippen molar-refractivity contribution in [3.63, 3.8) is 0 Å². The van der Waals surface area contributed by atoms with Crippen molar-refractivity contribution in [2.75, 3.05) is 26.3 Å². The minimum atomic E-state index is -0.345. The normalized spacial score (nSPS) is 36.3. The molecule has 4 heteroatoms. The van der Waals surface area contributed by atoms with Gasteiger partial charge in [-0.15, -0.1) is 0 Å². The van der Waals surface area contributed by atoms with E-state index in [4.69, 9.17) is 16.3 Å². The van der Waals surface area contributed by atoms with Crippen molar-refractivity contribution in [3.8, 4) is 0 Å². The number of nitrogens with zero attached hydrogens (tertiary/aromatic N) is 1. The maximum atomic E-state index is 9.60. The SMILES string of the molecule is OC1COCC1N1CCC=C(Cl)C1. The van der Waals surface area contributed by atoms with E-state index in [1.807, 2.05) is 6.08 Å². The summed E-state index contributed by atoms with van der Waals surface area (Å²) in [5.74, 6) is 0. The maximum absolute atomic E-state index is 9.60. The molecule has 0 aliphatic carbocycles. The summed E-state index contributed by atoms with van der Waals surface area (Å²) in [7, 11) is 0. The van der Waals surface area contributed by atoms with E-state index in [1.165, 1.54) is 0 Å². The van der Waals surface area contributed by atoms with Crippen LogP contribution in [-0.4, -0.2) is 48.5 Å². The molecule has 0 radical (unpaired) electrons. The predicted molar refractivity (Wildman–Crippen MR) is 50.7 cm³/mol. The molecule has 2 aliphatic rings. The standard InChI is InChI=1S/C9H14ClNO2/c10-7-2-1-3-11(4-7)8-5-13-6-9(8)12/h2,8-9,12H,1,3-6H2. The average Bonchev–Trinajstić information content (AvgIpc) is 2.51. The summed E-state index contributed by atoms with van der Waals surface area (Å²) in [5, 5.41) is 10.5. The highest BCUT2D eigenvalue weighted by molar-refractivity contribution is 6.29. The Morgan fingerprint density at radius 3 is 3.00 bits per heavy atom. The van der Waals surface area contributed by atoms with Gasteiger partial charge in [-0.25, -0.2) is 0 Å². The molecule has 0 amide bonds. The van der Waals surface area contributed by atoms with E-state index in [-0.39, 0.29) is 12.1 Å². The van der Waals surface area contributed by atoms with Crippen molar-refractivity contribution in [2.45, 2.75) is 18.6 Å². The number of hydrogen-bond donors (Lipinski definition) is 1. The first-order valence-corrected chi connectivity index (χ1v) is 4.99. The summed E-state index contributed by atoms with van der Waals surface area (Å²) in [6.07, 6.45) is 2.67. The van der Waals surface area contributed by atoms with E-state index < -0.39 is 0 Å². The number of rotatable bonds is 1. The van der Waals surface area contributed by atoms with Crippen LogP contribution in [0, 0.1) is 0 Å². The Bertz CT molecular complexity index is 220. The second-order valence-electron chi connectivity index (χ2n) is 3.58. The third-order valence-electron chi connectivity index (χ3n) is 2.63. The lowest BCUT2D eigenvalue weighted by Gasteiger charge is -2.31. The van der Waals surface area contributed by atoms with Gasteiger partial charge in [0.05, 0.1) is 25.4 Å². The van der Waals surface area contributed by atoms with Crippen molar-refractivity contribution in [1.29, 1.82) is 0 Å². The molecule has 2 unspecified atom stereocenters. The zero-order valence-corrected chi connectivity index (χ0v) is 8.20. The van der Waals surface area contributed by atoms with Gasteiger partial charge in [0.25, 0.3) is 0 Å². The van der Waals surface area contributed by atoms with Crippen molar-refractivity contribution in [1.82, 2.24) is 4.90 Å². The van der Waals surface area contributed by atoms with Crippen molar-refractivity contribution >= 4 is 11.6 Å². The molecular formula is C9H14ClNO2. The molecule has 2 rings (SSSR count). The fourth-order valence-corrected chi connectivity index (χ4v) is 2.15. The zero-order chi connectivity index (χ0) is 9.26. The number of halogens is 1. The highest BCUT2D eigenvalue weighted by atomic mass is 35.5. The quantitative estimate of drug-likeness (QED) is 0.677. The summed E-state index contributed by atoms with van der Waals surface area (Å²) in [5.41, 5.74) is 0.